The summed E-state index contributed by atoms with van der Waals surface area (Å²) in [4.78, 5) is 0. The third kappa shape index (κ3) is 3.24. The van der Waals surface area contributed by atoms with Crippen LogP contribution in [0.4, 0.5) is 0 Å². The van der Waals surface area contributed by atoms with Crippen LogP contribution in [0.15, 0.2) is 60.7 Å². The van der Waals surface area contributed by atoms with E-state index >= 15 is 0 Å². The highest BCUT2D eigenvalue weighted by Crippen LogP contribution is 2.34. The van der Waals surface area contributed by atoms with Gasteiger partial charge in [0.1, 0.15) is 5.60 Å². The molecule has 0 aliphatic carbocycles. The Bertz CT molecular complexity index is 448. The van der Waals surface area contributed by atoms with E-state index in [1.54, 1.807) is 0 Å². The maximum Gasteiger partial charge on any atom is 0.115 e. The predicted molar refractivity (Wildman–Crippen MR) is 80.0 cm³/mol. The lowest BCUT2D eigenvalue weighted by molar-refractivity contribution is 0.0648. The van der Waals surface area contributed by atoms with Gasteiger partial charge >= 0.3 is 0 Å². The van der Waals surface area contributed by atoms with Crippen molar-refractivity contribution in [3.05, 3.63) is 71.8 Å². The van der Waals surface area contributed by atoms with Crippen LogP contribution in [-0.4, -0.2) is 5.11 Å². The highest BCUT2D eigenvalue weighted by Gasteiger charge is 2.30. The van der Waals surface area contributed by atoms with Crippen molar-refractivity contribution in [3.8, 4) is 0 Å². The molecule has 2 aromatic rings. The number of rotatable bonds is 5. The fraction of sp³-hybridized carbons (Fsp3) is 0.333. The molecule has 0 unspecified atom stereocenters. The fourth-order valence-corrected chi connectivity index (χ4v) is 2.38. The van der Waals surface area contributed by atoms with Crippen LogP contribution in [-0.2, 0) is 5.60 Å². The van der Waals surface area contributed by atoms with Crippen LogP contribution in [0.3, 0.4) is 0 Å². The summed E-state index contributed by atoms with van der Waals surface area (Å²) in [5, 5.41) is 11.2. The van der Waals surface area contributed by atoms with E-state index in [2.05, 4.69) is 13.8 Å². The van der Waals surface area contributed by atoms with Crippen LogP contribution < -0.4 is 0 Å². The second-order valence-corrected chi connectivity index (χ2v) is 5.52. The molecule has 0 aromatic heterocycles. The minimum absolute atomic E-state index is 0.582. The molecule has 100 valence electrons. The van der Waals surface area contributed by atoms with Gasteiger partial charge in [0, 0.05) is 0 Å². The number of aliphatic hydroxyl groups is 1. The summed E-state index contributed by atoms with van der Waals surface area (Å²) in [6.07, 6.45) is 1.75. The first-order chi connectivity index (χ1) is 9.13. The Kier molecular flexibility index (Phi) is 4.39. The van der Waals surface area contributed by atoms with Crippen molar-refractivity contribution in [2.45, 2.75) is 32.3 Å². The monoisotopic (exact) mass is 254 g/mol. The van der Waals surface area contributed by atoms with E-state index in [-0.39, 0.29) is 0 Å². The average molecular weight is 254 g/mol. The Morgan fingerprint density at radius 2 is 1.26 bits per heavy atom. The Balaban J connectivity index is 2.39. The topological polar surface area (TPSA) is 20.2 Å². The quantitative estimate of drug-likeness (QED) is 0.840. The molecule has 0 radical (unpaired) electrons. The molecule has 2 rings (SSSR count). The SMILES string of the molecule is CC(C)CCC(O)(c1ccccc1)c1ccccc1. The molecule has 0 fully saturated rings. The average Bonchev–Trinajstić information content (AvgIpc) is 2.46. The lowest BCUT2D eigenvalue weighted by Crippen LogP contribution is -2.27. The van der Waals surface area contributed by atoms with Gasteiger partial charge < -0.3 is 5.11 Å². The molecule has 0 aliphatic rings. The first kappa shape index (κ1) is 13.8. The molecule has 1 nitrogen and oxygen atoms in total. The van der Waals surface area contributed by atoms with Crippen LogP contribution in [0, 0.1) is 5.92 Å². The van der Waals surface area contributed by atoms with Gasteiger partial charge in [0.2, 0.25) is 0 Å². The Morgan fingerprint density at radius 1 is 0.842 bits per heavy atom. The predicted octanol–water partition coefficient (Wildman–Crippen LogP) is 4.36. The summed E-state index contributed by atoms with van der Waals surface area (Å²) in [6, 6.07) is 19.9. The molecule has 0 spiro atoms. The summed E-state index contributed by atoms with van der Waals surface area (Å²) in [5.41, 5.74) is 1.07. The van der Waals surface area contributed by atoms with Gasteiger partial charge in [-0.3, -0.25) is 0 Å². The van der Waals surface area contributed by atoms with E-state index in [0.717, 1.165) is 24.0 Å². The van der Waals surface area contributed by atoms with E-state index < -0.39 is 5.60 Å². The largest absolute Gasteiger partial charge is 0.380 e. The first-order valence-corrected chi connectivity index (χ1v) is 6.96. The molecule has 0 aliphatic heterocycles. The van der Waals surface area contributed by atoms with Gasteiger partial charge in [-0.25, -0.2) is 0 Å². The highest BCUT2D eigenvalue weighted by molar-refractivity contribution is 5.35. The standard InChI is InChI=1S/C18H22O/c1-15(2)13-14-18(19,16-9-5-3-6-10-16)17-11-7-4-8-12-17/h3-12,15,19H,13-14H2,1-2H3. The first-order valence-electron chi connectivity index (χ1n) is 6.96. The van der Waals surface area contributed by atoms with Gasteiger partial charge in [0.15, 0.2) is 0 Å². The number of hydrogen-bond acceptors (Lipinski definition) is 1. The van der Waals surface area contributed by atoms with E-state index in [0.29, 0.717) is 5.92 Å². The molecule has 2 aromatic carbocycles. The van der Waals surface area contributed by atoms with Gasteiger partial charge in [-0.15, -0.1) is 0 Å². The van der Waals surface area contributed by atoms with Crippen molar-refractivity contribution in [2.75, 3.05) is 0 Å². The Morgan fingerprint density at radius 3 is 1.63 bits per heavy atom. The van der Waals surface area contributed by atoms with Crippen molar-refractivity contribution >= 4 is 0 Å². The minimum Gasteiger partial charge on any atom is -0.380 e. The van der Waals surface area contributed by atoms with Crippen LogP contribution in [0.5, 0.6) is 0 Å². The lowest BCUT2D eigenvalue weighted by atomic mass is 9.81. The molecular weight excluding hydrogens is 232 g/mol. The normalized spacial score (nSPS) is 11.8. The summed E-state index contributed by atoms with van der Waals surface area (Å²) < 4.78 is 0. The van der Waals surface area contributed by atoms with Crippen LogP contribution in [0.1, 0.15) is 37.8 Å². The second-order valence-electron chi connectivity index (χ2n) is 5.52. The zero-order valence-corrected chi connectivity index (χ0v) is 11.7. The molecule has 1 heteroatoms. The third-order valence-electron chi connectivity index (χ3n) is 3.59. The Hall–Kier alpha value is -1.60. The summed E-state index contributed by atoms with van der Waals surface area (Å²) in [5.74, 6) is 0.582. The molecule has 0 heterocycles. The third-order valence-corrected chi connectivity index (χ3v) is 3.59. The van der Waals surface area contributed by atoms with Crippen LogP contribution >= 0.6 is 0 Å². The zero-order chi connectivity index (χ0) is 13.7. The lowest BCUT2D eigenvalue weighted by Gasteiger charge is -2.30. The second kappa shape index (κ2) is 6.03. The number of hydrogen-bond donors (Lipinski definition) is 1. The summed E-state index contributed by atoms with van der Waals surface area (Å²) in [6.45, 7) is 4.38. The molecule has 0 saturated heterocycles. The van der Waals surface area contributed by atoms with Gasteiger partial charge in [-0.05, 0) is 29.9 Å². The van der Waals surface area contributed by atoms with Crippen LogP contribution in [0.2, 0.25) is 0 Å². The zero-order valence-electron chi connectivity index (χ0n) is 11.7. The number of benzene rings is 2. The molecule has 0 amide bonds. The van der Waals surface area contributed by atoms with Gasteiger partial charge in [0.05, 0.1) is 0 Å². The molecule has 1 N–H and O–H groups in total. The summed E-state index contributed by atoms with van der Waals surface area (Å²) >= 11 is 0. The van der Waals surface area contributed by atoms with Crippen molar-refractivity contribution in [2.24, 2.45) is 5.92 Å². The van der Waals surface area contributed by atoms with Crippen LogP contribution in [0.25, 0.3) is 0 Å². The van der Waals surface area contributed by atoms with Crippen molar-refractivity contribution in [1.29, 1.82) is 0 Å². The molecule has 0 bridgehead atoms. The smallest absolute Gasteiger partial charge is 0.115 e. The Labute approximate surface area is 115 Å². The van der Waals surface area contributed by atoms with Gasteiger partial charge in [0.25, 0.3) is 0 Å². The fourth-order valence-electron chi connectivity index (χ4n) is 2.38. The highest BCUT2D eigenvalue weighted by atomic mass is 16.3. The van der Waals surface area contributed by atoms with Gasteiger partial charge in [-0.1, -0.05) is 74.5 Å². The van der Waals surface area contributed by atoms with E-state index in [1.807, 2.05) is 60.7 Å². The van der Waals surface area contributed by atoms with Crippen molar-refractivity contribution in [3.63, 3.8) is 0 Å². The molecule has 19 heavy (non-hydrogen) atoms. The summed E-state index contributed by atoms with van der Waals surface area (Å²) in [7, 11) is 0. The van der Waals surface area contributed by atoms with E-state index in [4.69, 9.17) is 0 Å². The molecule has 0 saturated carbocycles. The molecular formula is C18H22O. The van der Waals surface area contributed by atoms with E-state index in [9.17, 15) is 5.11 Å². The molecule has 0 atom stereocenters. The van der Waals surface area contributed by atoms with Crippen molar-refractivity contribution in [1.82, 2.24) is 0 Å². The van der Waals surface area contributed by atoms with E-state index in [1.165, 1.54) is 0 Å². The maximum atomic E-state index is 11.2. The van der Waals surface area contributed by atoms with Gasteiger partial charge in [-0.2, -0.15) is 0 Å². The maximum absolute atomic E-state index is 11.2. The minimum atomic E-state index is -0.882. The van der Waals surface area contributed by atoms with Crippen molar-refractivity contribution < 1.29 is 5.11 Å².